The SMILES string of the molecule is C[C@H](CCC(=O)OCCC(F)(F)C(F)(F)S(=O)(=O)O)[C@H]1CC[C@H]2[C@@H]3C(=O)CC4CC(=O)CC[C@]4(C)C3CC(=O)[C@]12C. The van der Waals surface area contributed by atoms with E-state index in [0.717, 1.165) is 0 Å². The van der Waals surface area contributed by atoms with Crippen LogP contribution in [0.1, 0.15) is 85.0 Å². The maximum absolute atomic E-state index is 13.8. The van der Waals surface area contributed by atoms with Crippen LogP contribution in [0, 0.1) is 46.3 Å². The van der Waals surface area contributed by atoms with Crippen LogP contribution in [0.5, 0.6) is 0 Å². The first-order valence-electron chi connectivity index (χ1n) is 14.2. The van der Waals surface area contributed by atoms with Crippen LogP contribution in [-0.4, -0.2) is 54.1 Å². The van der Waals surface area contributed by atoms with Crippen LogP contribution in [0.4, 0.5) is 17.6 Å². The first kappa shape index (κ1) is 32.0. The fourth-order valence-electron chi connectivity index (χ4n) is 8.64. The van der Waals surface area contributed by atoms with Crippen LogP contribution in [-0.2, 0) is 34.0 Å². The number of carbonyl (C=O) groups is 4. The lowest BCUT2D eigenvalue weighted by atomic mass is 9.44. The number of rotatable bonds is 9. The van der Waals surface area contributed by atoms with Crippen LogP contribution in [0.25, 0.3) is 0 Å². The van der Waals surface area contributed by atoms with Gasteiger partial charge in [0.25, 0.3) is 0 Å². The van der Waals surface area contributed by atoms with Gasteiger partial charge in [0, 0.05) is 43.4 Å². The molecule has 0 amide bonds. The largest absolute Gasteiger partial charge is 0.465 e. The number of carbonyl (C=O) groups excluding carboxylic acids is 4. The van der Waals surface area contributed by atoms with E-state index < -0.39 is 45.7 Å². The summed E-state index contributed by atoms with van der Waals surface area (Å²) in [6, 6.07) is 0. The summed E-state index contributed by atoms with van der Waals surface area (Å²) in [5, 5.41) is -5.73. The van der Waals surface area contributed by atoms with Crippen molar-refractivity contribution in [3.05, 3.63) is 0 Å². The van der Waals surface area contributed by atoms with Crippen LogP contribution < -0.4 is 0 Å². The number of alkyl halides is 4. The molecule has 0 saturated heterocycles. The number of halogens is 4. The lowest BCUT2D eigenvalue weighted by molar-refractivity contribution is -0.174. The molecule has 1 N–H and O–H groups in total. The van der Waals surface area contributed by atoms with Gasteiger partial charge < -0.3 is 4.74 Å². The second-order valence-electron chi connectivity index (χ2n) is 13.1. The summed E-state index contributed by atoms with van der Waals surface area (Å²) in [5.74, 6) is -6.51. The zero-order valence-electron chi connectivity index (χ0n) is 23.5. The molecule has 8 atom stereocenters. The van der Waals surface area contributed by atoms with E-state index in [0.29, 0.717) is 38.5 Å². The average molecular weight is 611 g/mol. The molecule has 4 fully saturated rings. The third kappa shape index (κ3) is 5.27. The van der Waals surface area contributed by atoms with Crippen LogP contribution in [0.2, 0.25) is 0 Å². The highest BCUT2D eigenvalue weighted by molar-refractivity contribution is 7.87. The van der Waals surface area contributed by atoms with Crippen molar-refractivity contribution < 1.29 is 54.4 Å². The Labute approximate surface area is 237 Å². The highest BCUT2D eigenvalue weighted by atomic mass is 32.2. The van der Waals surface area contributed by atoms with Crippen LogP contribution in [0.15, 0.2) is 0 Å². The highest BCUT2D eigenvalue weighted by Gasteiger charge is 2.67. The molecule has 0 aromatic heterocycles. The molecule has 4 aliphatic rings. The van der Waals surface area contributed by atoms with Gasteiger partial charge in [-0.1, -0.05) is 20.8 Å². The van der Waals surface area contributed by atoms with Gasteiger partial charge in [-0.2, -0.15) is 26.0 Å². The Bertz CT molecular complexity index is 1220. The first-order valence-corrected chi connectivity index (χ1v) is 15.7. The molecule has 0 radical (unpaired) electrons. The minimum atomic E-state index is -6.37. The Hall–Kier alpha value is -1.89. The van der Waals surface area contributed by atoms with Gasteiger partial charge in [0.15, 0.2) is 0 Å². The quantitative estimate of drug-likeness (QED) is 0.218. The normalized spacial score (nSPS) is 36.8. The Morgan fingerprint density at radius 3 is 2.37 bits per heavy atom. The third-order valence-corrected chi connectivity index (χ3v) is 12.1. The van der Waals surface area contributed by atoms with Crippen LogP contribution in [0.3, 0.4) is 0 Å². The average Bonchev–Trinajstić information content (AvgIpc) is 3.22. The van der Waals surface area contributed by atoms with Gasteiger partial charge in [-0.05, 0) is 60.7 Å². The van der Waals surface area contributed by atoms with Crippen molar-refractivity contribution in [3.63, 3.8) is 0 Å². The van der Waals surface area contributed by atoms with Crippen molar-refractivity contribution in [2.45, 2.75) is 96.2 Å². The molecule has 0 aliphatic heterocycles. The molecular formula is C28H38F4O8S. The third-order valence-electron chi connectivity index (χ3n) is 11.1. The number of hydrogen-bond donors (Lipinski definition) is 1. The molecule has 0 spiro atoms. The second-order valence-corrected chi connectivity index (χ2v) is 14.6. The standard InChI is InChI=1S/C28H38F4O8S/c1-15(4-7-23(36)40-11-10-27(29,30)28(31,32)41(37,38)39)18-5-6-19-24-20(14-22(35)26(18,19)3)25(2)9-8-17(33)12-16(25)13-21(24)34/h15-16,18-20,24H,4-14H2,1-3H3,(H,37,38,39)/t15-,16?,18-,19+,20?,24+,25+,26-/m1/s1. The minimum absolute atomic E-state index is 0.0315. The van der Waals surface area contributed by atoms with Crippen LogP contribution >= 0.6 is 0 Å². The minimum Gasteiger partial charge on any atom is -0.465 e. The molecule has 0 aromatic carbocycles. The summed E-state index contributed by atoms with van der Waals surface area (Å²) in [6.07, 6.45) is 1.73. The monoisotopic (exact) mass is 610 g/mol. The van der Waals surface area contributed by atoms with Gasteiger partial charge in [0.2, 0.25) is 0 Å². The Kier molecular flexibility index (Phi) is 8.34. The Morgan fingerprint density at radius 2 is 1.73 bits per heavy atom. The fraction of sp³-hybridized carbons (Fsp3) is 0.857. The maximum Gasteiger partial charge on any atom is 0.431 e. The van der Waals surface area contributed by atoms with E-state index >= 15 is 0 Å². The first-order chi connectivity index (χ1) is 18.8. The summed E-state index contributed by atoms with van der Waals surface area (Å²) in [6.45, 7) is 4.74. The number of ether oxygens (including phenoxy) is 1. The molecule has 4 aliphatic carbocycles. The van der Waals surface area contributed by atoms with E-state index in [-0.39, 0.29) is 77.5 Å². The van der Waals surface area contributed by atoms with E-state index in [2.05, 4.69) is 11.7 Å². The predicted molar refractivity (Wildman–Crippen MR) is 136 cm³/mol. The van der Waals surface area contributed by atoms with Crippen molar-refractivity contribution >= 4 is 33.4 Å². The molecule has 4 saturated carbocycles. The molecule has 8 nitrogen and oxygen atoms in total. The van der Waals surface area contributed by atoms with Gasteiger partial charge in [-0.3, -0.25) is 23.7 Å². The molecule has 232 valence electrons. The summed E-state index contributed by atoms with van der Waals surface area (Å²) in [5.41, 5.74) is -1.00. The van der Waals surface area contributed by atoms with Crippen molar-refractivity contribution in [1.29, 1.82) is 0 Å². The van der Waals surface area contributed by atoms with E-state index in [1.807, 2.05) is 13.8 Å². The van der Waals surface area contributed by atoms with Gasteiger partial charge in [-0.15, -0.1) is 0 Å². The molecule has 13 heteroatoms. The molecular weight excluding hydrogens is 572 g/mol. The maximum atomic E-state index is 13.8. The molecule has 41 heavy (non-hydrogen) atoms. The predicted octanol–water partition coefficient (Wildman–Crippen LogP) is 5.04. The lowest BCUT2D eigenvalue weighted by Crippen LogP contribution is -2.60. The number of hydrogen-bond acceptors (Lipinski definition) is 7. The van der Waals surface area contributed by atoms with E-state index in [1.54, 1.807) is 0 Å². The van der Waals surface area contributed by atoms with Crippen molar-refractivity contribution in [1.82, 2.24) is 0 Å². The van der Waals surface area contributed by atoms with Crippen molar-refractivity contribution in [2.24, 2.45) is 46.3 Å². The highest BCUT2D eigenvalue weighted by Crippen LogP contribution is 2.66. The summed E-state index contributed by atoms with van der Waals surface area (Å²) >= 11 is 0. The Balaban J connectivity index is 1.37. The summed E-state index contributed by atoms with van der Waals surface area (Å²) in [7, 11) is -6.37. The molecule has 2 unspecified atom stereocenters. The number of fused-ring (bicyclic) bond motifs is 5. The van der Waals surface area contributed by atoms with Gasteiger partial charge in [0.1, 0.15) is 17.3 Å². The van der Waals surface area contributed by atoms with Gasteiger partial charge >= 0.3 is 27.3 Å². The van der Waals surface area contributed by atoms with Gasteiger partial charge in [-0.25, -0.2) is 0 Å². The van der Waals surface area contributed by atoms with Crippen molar-refractivity contribution in [2.75, 3.05) is 6.61 Å². The molecule has 0 aromatic rings. The summed E-state index contributed by atoms with van der Waals surface area (Å²) in [4.78, 5) is 51.6. The van der Waals surface area contributed by atoms with Gasteiger partial charge in [0.05, 0.1) is 13.0 Å². The zero-order valence-corrected chi connectivity index (χ0v) is 24.3. The zero-order chi connectivity index (χ0) is 30.8. The van der Waals surface area contributed by atoms with E-state index in [9.17, 15) is 45.2 Å². The van der Waals surface area contributed by atoms with E-state index in [1.165, 1.54) is 0 Å². The lowest BCUT2D eigenvalue weighted by Gasteiger charge is -2.58. The summed E-state index contributed by atoms with van der Waals surface area (Å²) < 4.78 is 88.1. The second kappa shape index (κ2) is 10.7. The van der Waals surface area contributed by atoms with Crippen molar-refractivity contribution in [3.8, 4) is 0 Å². The number of esters is 1. The number of ketones is 3. The fourth-order valence-corrected chi connectivity index (χ4v) is 9.12. The van der Waals surface area contributed by atoms with E-state index in [4.69, 9.17) is 4.55 Å². The Morgan fingerprint density at radius 1 is 1.07 bits per heavy atom. The molecule has 0 heterocycles. The number of Topliss-reactive ketones (excluding diaryl/α,β-unsaturated/α-hetero) is 3. The smallest absolute Gasteiger partial charge is 0.431 e. The molecule has 4 rings (SSSR count). The molecule has 0 bridgehead atoms. The topological polar surface area (TPSA) is 132 Å².